The van der Waals surface area contributed by atoms with Gasteiger partial charge in [-0.25, -0.2) is 0 Å². The largest absolute Gasteiger partial charge is 0.444 e. The number of ether oxygens (including phenoxy) is 2. The van der Waals surface area contributed by atoms with Crippen molar-refractivity contribution in [2.75, 3.05) is 44.8 Å². The van der Waals surface area contributed by atoms with Crippen molar-refractivity contribution in [2.45, 2.75) is 36.8 Å². The van der Waals surface area contributed by atoms with E-state index in [-0.39, 0.29) is 12.2 Å². The van der Waals surface area contributed by atoms with Crippen LogP contribution in [-0.4, -0.2) is 57.0 Å². The van der Waals surface area contributed by atoms with Gasteiger partial charge in [-0.2, -0.15) is 0 Å². The number of nitrogens with zero attached hydrogens (tertiary/aromatic N) is 2. The van der Waals surface area contributed by atoms with Gasteiger partial charge in [0.1, 0.15) is 0 Å². The summed E-state index contributed by atoms with van der Waals surface area (Å²) in [6, 6.07) is 15.2. The van der Waals surface area contributed by atoms with Crippen molar-refractivity contribution in [3.63, 3.8) is 0 Å². The van der Waals surface area contributed by atoms with E-state index in [1.807, 2.05) is 11.8 Å². The number of methoxy groups -OCH3 is 1. The van der Waals surface area contributed by atoms with Crippen LogP contribution in [0.5, 0.6) is 0 Å². The molecule has 0 radical (unpaired) electrons. The maximum atomic E-state index is 11.4. The van der Waals surface area contributed by atoms with E-state index >= 15 is 0 Å². The lowest BCUT2D eigenvalue weighted by Gasteiger charge is -2.39. The van der Waals surface area contributed by atoms with Gasteiger partial charge in [-0.15, -0.1) is 0 Å². The van der Waals surface area contributed by atoms with Crippen molar-refractivity contribution in [2.24, 2.45) is 0 Å². The fourth-order valence-corrected chi connectivity index (χ4v) is 4.68. The lowest BCUT2D eigenvalue weighted by atomic mass is 10.2. The van der Waals surface area contributed by atoms with Crippen LogP contribution >= 0.6 is 11.8 Å². The molecule has 0 N–H and O–H groups in total. The predicted octanol–water partition coefficient (Wildman–Crippen LogP) is 4.11. The van der Waals surface area contributed by atoms with Crippen LogP contribution in [0.3, 0.4) is 0 Å². The Kier molecular flexibility index (Phi) is 7.58. The summed E-state index contributed by atoms with van der Waals surface area (Å²) in [4.78, 5) is 18.6. The van der Waals surface area contributed by atoms with Gasteiger partial charge < -0.3 is 14.4 Å². The molecule has 2 aromatic rings. The Hall–Kier alpha value is -2.02. The maximum absolute atomic E-state index is 11.4. The molecule has 1 heterocycles. The molecule has 0 unspecified atom stereocenters. The van der Waals surface area contributed by atoms with Crippen LogP contribution in [0.2, 0.25) is 0 Å². The van der Waals surface area contributed by atoms with Crippen molar-refractivity contribution in [1.82, 2.24) is 4.90 Å². The van der Waals surface area contributed by atoms with E-state index in [0.717, 1.165) is 26.2 Å². The van der Waals surface area contributed by atoms with Gasteiger partial charge >= 0.3 is 5.97 Å². The summed E-state index contributed by atoms with van der Waals surface area (Å²) in [5.41, 5.74) is 3.85. The molecule has 1 aliphatic heterocycles. The van der Waals surface area contributed by atoms with Gasteiger partial charge in [-0.3, -0.25) is 9.69 Å². The first-order valence-electron chi connectivity index (χ1n) is 9.97. The lowest BCUT2D eigenvalue weighted by molar-refractivity contribution is -0.162. The molecule has 3 rings (SSSR count). The van der Waals surface area contributed by atoms with Crippen molar-refractivity contribution in [1.29, 1.82) is 0 Å². The molecule has 1 fully saturated rings. The van der Waals surface area contributed by atoms with Gasteiger partial charge in [-0.1, -0.05) is 41.6 Å². The average molecular weight is 415 g/mol. The van der Waals surface area contributed by atoms with E-state index in [2.05, 4.69) is 66.1 Å². The molecule has 5 nitrogen and oxygen atoms in total. The van der Waals surface area contributed by atoms with E-state index in [1.54, 1.807) is 7.11 Å². The normalized spacial score (nSPS) is 15.9. The number of benzene rings is 2. The van der Waals surface area contributed by atoms with Gasteiger partial charge in [0.15, 0.2) is 6.23 Å². The molecule has 0 aromatic heterocycles. The zero-order valence-corrected chi connectivity index (χ0v) is 18.5. The Morgan fingerprint density at radius 2 is 1.79 bits per heavy atom. The van der Waals surface area contributed by atoms with Gasteiger partial charge in [0.25, 0.3) is 0 Å². The SMILES string of the molecule is COC[C@H](OC(C)=O)N1CCN(c2ccccc2Sc2ccc(C)cc2C)CC1. The van der Waals surface area contributed by atoms with Crippen LogP contribution < -0.4 is 4.90 Å². The standard InChI is InChI=1S/C23H30N2O3S/c1-17-9-10-21(18(2)15-17)29-22-8-6-5-7-20(22)24-11-13-25(14-12-24)23(16-27-4)28-19(3)26/h5-10,15,23H,11-14,16H2,1-4H3/t23-/m0/s1. The summed E-state index contributed by atoms with van der Waals surface area (Å²) in [6.45, 7) is 9.53. The van der Waals surface area contributed by atoms with Crippen LogP contribution in [0, 0.1) is 13.8 Å². The molecule has 0 bridgehead atoms. The summed E-state index contributed by atoms with van der Waals surface area (Å²) in [6.07, 6.45) is -0.320. The fourth-order valence-electron chi connectivity index (χ4n) is 3.64. The number of carbonyl (C=O) groups excluding carboxylic acids is 1. The van der Waals surface area contributed by atoms with E-state index < -0.39 is 0 Å². The monoisotopic (exact) mass is 414 g/mol. The Balaban J connectivity index is 1.70. The number of piperazine rings is 1. The number of hydrogen-bond donors (Lipinski definition) is 0. The molecular formula is C23H30N2O3S. The molecule has 1 atom stereocenters. The minimum atomic E-state index is -0.320. The Labute approximate surface area is 178 Å². The zero-order valence-electron chi connectivity index (χ0n) is 17.7. The topological polar surface area (TPSA) is 42.0 Å². The van der Waals surface area contributed by atoms with Gasteiger partial charge in [0, 0.05) is 50.0 Å². The van der Waals surface area contributed by atoms with E-state index in [1.165, 1.54) is 33.5 Å². The molecule has 1 saturated heterocycles. The quantitative estimate of drug-likeness (QED) is 0.635. The van der Waals surface area contributed by atoms with E-state index in [4.69, 9.17) is 9.47 Å². The molecule has 0 spiro atoms. The molecule has 156 valence electrons. The summed E-state index contributed by atoms with van der Waals surface area (Å²) in [5, 5.41) is 0. The van der Waals surface area contributed by atoms with E-state index in [9.17, 15) is 4.79 Å². The maximum Gasteiger partial charge on any atom is 0.304 e. The molecular weight excluding hydrogens is 384 g/mol. The summed E-state index contributed by atoms with van der Waals surface area (Å²) in [5.74, 6) is -0.273. The van der Waals surface area contributed by atoms with Gasteiger partial charge in [0.05, 0.1) is 12.3 Å². The molecule has 0 amide bonds. The van der Waals surface area contributed by atoms with E-state index in [0.29, 0.717) is 6.61 Å². The zero-order chi connectivity index (χ0) is 20.8. The first kappa shape index (κ1) is 21.7. The van der Waals surface area contributed by atoms with Gasteiger partial charge in [0.2, 0.25) is 0 Å². The number of anilines is 1. The van der Waals surface area contributed by atoms with Crippen molar-refractivity contribution < 1.29 is 14.3 Å². The minimum absolute atomic E-state index is 0.273. The van der Waals surface area contributed by atoms with Crippen LogP contribution in [0.4, 0.5) is 5.69 Å². The van der Waals surface area contributed by atoms with Crippen LogP contribution in [0.15, 0.2) is 52.3 Å². The number of esters is 1. The minimum Gasteiger partial charge on any atom is -0.444 e. The predicted molar refractivity (Wildman–Crippen MR) is 118 cm³/mol. The number of hydrogen-bond acceptors (Lipinski definition) is 6. The highest BCUT2D eigenvalue weighted by Gasteiger charge is 2.26. The van der Waals surface area contributed by atoms with Crippen LogP contribution in [-0.2, 0) is 14.3 Å². The first-order valence-corrected chi connectivity index (χ1v) is 10.8. The Morgan fingerprint density at radius 3 is 2.45 bits per heavy atom. The molecule has 1 aliphatic rings. The molecule has 6 heteroatoms. The Morgan fingerprint density at radius 1 is 1.07 bits per heavy atom. The fraction of sp³-hybridized carbons (Fsp3) is 0.435. The molecule has 0 saturated carbocycles. The highest BCUT2D eigenvalue weighted by molar-refractivity contribution is 7.99. The average Bonchev–Trinajstić information content (AvgIpc) is 2.70. The van der Waals surface area contributed by atoms with Crippen molar-refractivity contribution in [3.8, 4) is 0 Å². The number of carbonyl (C=O) groups is 1. The third-order valence-corrected chi connectivity index (χ3v) is 6.33. The number of para-hydroxylation sites is 1. The summed E-state index contributed by atoms with van der Waals surface area (Å²) >= 11 is 1.82. The second kappa shape index (κ2) is 10.1. The van der Waals surface area contributed by atoms with Crippen molar-refractivity contribution >= 4 is 23.4 Å². The second-order valence-corrected chi connectivity index (χ2v) is 8.46. The highest BCUT2D eigenvalue weighted by atomic mass is 32.2. The first-order chi connectivity index (χ1) is 14.0. The van der Waals surface area contributed by atoms with Crippen molar-refractivity contribution in [3.05, 3.63) is 53.6 Å². The van der Waals surface area contributed by atoms with Crippen LogP contribution in [0.1, 0.15) is 18.1 Å². The number of rotatable bonds is 7. The van der Waals surface area contributed by atoms with Gasteiger partial charge in [-0.05, 0) is 37.6 Å². The highest BCUT2D eigenvalue weighted by Crippen LogP contribution is 2.37. The second-order valence-electron chi connectivity index (χ2n) is 7.38. The molecule has 0 aliphatic carbocycles. The summed E-state index contributed by atoms with van der Waals surface area (Å²) < 4.78 is 10.7. The lowest BCUT2D eigenvalue weighted by Crippen LogP contribution is -2.53. The van der Waals surface area contributed by atoms with Crippen LogP contribution in [0.25, 0.3) is 0 Å². The Bertz CT molecular complexity index is 835. The number of aryl methyl sites for hydroxylation is 2. The summed E-state index contributed by atoms with van der Waals surface area (Å²) in [7, 11) is 1.63. The molecule has 2 aromatic carbocycles. The third-order valence-electron chi connectivity index (χ3n) is 5.09. The smallest absolute Gasteiger partial charge is 0.304 e. The third kappa shape index (κ3) is 5.75. The molecule has 29 heavy (non-hydrogen) atoms.